The van der Waals surface area contributed by atoms with Crippen LogP contribution >= 0.6 is 35.3 Å². The normalized spacial score (nSPS) is 13.7. The lowest BCUT2D eigenvalue weighted by Gasteiger charge is -2.28. The van der Waals surface area contributed by atoms with Gasteiger partial charge in [0.15, 0.2) is 17.5 Å². The minimum Gasteiger partial charge on any atom is -0.486 e. The van der Waals surface area contributed by atoms with Gasteiger partial charge in [0.1, 0.15) is 13.2 Å². The van der Waals surface area contributed by atoms with Gasteiger partial charge in [0, 0.05) is 30.4 Å². The molecule has 0 saturated heterocycles. The van der Waals surface area contributed by atoms with Crippen LogP contribution in [-0.4, -0.2) is 39.3 Å². The lowest BCUT2D eigenvalue weighted by molar-refractivity contribution is 0.171. The summed E-state index contributed by atoms with van der Waals surface area (Å²) >= 11 is 1.79. The molecule has 1 aromatic heterocycles. The van der Waals surface area contributed by atoms with E-state index in [0.29, 0.717) is 13.2 Å². The molecule has 2 N–H and O–H groups in total. The molecule has 1 aliphatic rings. The number of nitrogens with one attached hydrogen (secondary N) is 2. The number of benzene rings is 1. The number of halogens is 1. The van der Waals surface area contributed by atoms with Gasteiger partial charge in [-0.05, 0) is 35.6 Å². The molecule has 0 radical (unpaired) electrons. The summed E-state index contributed by atoms with van der Waals surface area (Å²) < 4.78 is 11.3. The number of hydrogen-bond donors (Lipinski definition) is 2. The summed E-state index contributed by atoms with van der Waals surface area (Å²) in [5.74, 6) is 2.49. The van der Waals surface area contributed by atoms with E-state index in [9.17, 15) is 0 Å². The molecule has 1 aromatic carbocycles. The minimum absolute atomic E-state index is 0. The van der Waals surface area contributed by atoms with Crippen LogP contribution in [0.3, 0.4) is 0 Å². The van der Waals surface area contributed by atoms with Crippen molar-refractivity contribution in [3.05, 3.63) is 46.2 Å². The Balaban J connectivity index is 0.00000261. The molecule has 0 fully saturated rings. The molecular weight excluding hydrogens is 473 g/mol. The van der Waals surface area contributed by atoms with Crippen LogP contribution in [0.5, 0.6) is 11.5 Å². The van der Waals surface area contributed by atoms with Crippen LogP contribution in [0.4, 0.5) is 0 Å². The second-order valence-corrected chi connectivity index (χ2v) is 7.96. The maximum atomic E-state index is 5.71. The van der Waals surface area contributed by atoms with E-state index in [-0.39, 0.29) is 29.4 Å². The highest BCUT2D eigenvalue weighted by molar-refractivity contribution is 14.0. The first-order valence-corrected chi connectivity index (χ1v) is 9.83. The van der Waals surface area contributed by atoms with Gasteiger partial charge in [-0.1, -0.05) is 26.0 Å². The largest absolute Gasteiger partial charge is 0.486 e. The predicted octanol–water partition coefficient (Wildman–Crippen LogP) is 3.82. The number of thiophene rings is 1. The first-order chi connectivity index (χ1) is 12.6. The molecule has 2 aromatic rings. The first kappa shape index (κ1) is 21.8. The van der Waals surface area contributed by atoms with Crippen molar-refractivity contribution >= 4 is 41.3 Å². The smallest absolute Gasteiger partial charge is 0.191 e. The van der Waals surface area contributed by atoms with Crippen LogP contribution in [0, 0.1) is 0 Å². The lowest BCUT2D eigenvalue weighted by atomic mass is 9.84. The average Bonchev–Trinajstić information content (AvgIpc) is 3.17. The fourth-order valence-electron chi connectivity index (χ4n) is 2.85. The Morgan fingerprint density at radius 1 is 1.15 bits per heavy atom. The average molecular weight is 501 g/mol. The predicted molar refractivity (Wildman–Crippen MR) is 123 cm³/mol. The Bertz CT molecular complexity index is 748. The maximum Gasteiger partial charge on any atom is 0.191 e. The van der Waals surface area contributed by atoms with Crippen LogP contribution in [-0.2, 0) is 11.8 Å². The molecule has 0 unspecified atom stereocenters. The zero-order valence-electron chi connectivity index (χ0n) is 16.1. The Morgan fingerprint density at radius 2 is 1.93 bits per heavy atom. The van der Waals surface area contributed by atoms with E-state index in [2.05, 4.69) is 59.1 Å². The van der Waals surface area contributed by atoms with Gasteiger partial charge in [-0.15, -0.1) is 35.3 Å². The highest BCUT2D eigenvalue weighted by atomic mass is 127. The fourth-order valence-corrected chi connectivity index (χ4v) is 3.56. The number of guanidine groups is 1. The van der Waals surface area contributed by atoms with Crippen LogP contribution in [0.1, 0.15) is 24.3 Å². The van der Waals surface area contributed by atoms with E-state index >= 15 is 0 Å². The molecule has 5 nitrogen and oxygen atoms in total. The van der Waals surface area contributed by atoms with Crippen molar-refractivity contribution in [3.63, 3.8) is 0 Å². The highest BCUT2D eigenvalue weighted by Crippen LogP contribution is 2.34. The second-order valence-electron chi connectivity index (χ2n) is 6.92. The summed E-state index contributed by atoms with van der Waals surface area (Å²) in [6.45, 7) is 7.28. The monoisotopic (exact) mass is 501 g/mol. The van der Waals surface area contributed by atoms with Gasteiger partial charge < -0.3 is 20.1 Å². The SMILES string of the molecule is CN=C(NCCc1cccs1)NCC(C)(C)c1ccc2c(c1)OCCO2.I. The van der Waals surface area contributed by atoms with E-state index < -0.39 is 0 Å². The van der Waals surface area contributed by atoms with Crippen molar-refractivity contribution in [2.75, 3.05) is 33.4 Å². The number of rotatable bonds is 6. The Kier molecular flexibility index (Phi) is 8.22. The van der Waals surface area contributed by atoms with Crippen molar-refractivity contribution in [1.29, 1.82) is 0 Å². The third kappa shape index (κ3) is 6.00. The molecule has 148 valence electrons. The van der Waals surface area contributed by atoms with E-state index in [1.54, 1.807) is 18.4 Å². The molecule has 0 amide bonds. The second kappa shape index (κ2) is 10.2. The zero-order valence-corrected chi connectivity index (χ0v) is 19.2. The number of aliphatic imine (C=N–C) groups is 1. The van der Waals surface area contributed by atoms with Gasteiger partial charge >= 0.3 is 0 Å². The first-order valence-electron chi connectivity index (χ1n) is 8.95. The molecule has 27 heavy (non-hydrogen) atoms. The molecule has 3 rings (SSSR count). The summed E-state index contributed by atoms with van der Waals surface area (Å²) in [4.78, 5) is 5.71. The Morgan fingerprint density at radius 3 is 2.63 bits per heavy atom. The van der Waals surface area contributed by atoms with Crippen molar-refractivity contribution in [1.82, 2.24) is 10.6 Å². The molecule has 0 spiro atoms. The number of hydrogen-bond acceptors (Lipinski definition) is 4. The Hall–Kier alpha value is -1.48. The van der Waals surface area contributed by atoms with Crippen molar-refractivity contribution in [3.8, 4) is 11.5 Å². The topological polar surface area (TPSA) is 54.9 Å². The van der Waals surface area contributed by atoms with Gasteiger partial charge in [-0.2, -0.15) is 0 Å². The quantitative estimate of drug-likeness (QED) is 0.359. The van der Waals surface area contributed by atoms with Gasteiger partial charge in [0.2, 0.25) is 0 Å². The number of ether oxygens (including phenoxy) is 2. The molecule has 0 atom stereocenters. The number of nitrogens with zero attached hydrogens (tertiary/aromatic N) is 1. The molecular formula is C20H28IN3O2S. The molecule has 0 bridgehead atoms. The summed E-state index contributed by atoms with van der Waals surface area (Å²) in [7, 11) is 1.80. The van der Waals surface area contributed by atoms with E-state index in [1.807, 2.05) is 6.07 Å². The van der Waals surface area contributed by atoms with Crippen LogP contribution in [0.15, 0.2) is 40.7 Å². The third-order valence-corrected chi connectivity index (χ3v) is 5.43. The molecule has 1 aliphatic heterocycles. The zero-order chi connectivity index (χ0) is 18.4. The van der Waals surface area contributed by atoms with E-state index in [1.165, 1.54) is 10.4 Å². The molecule has 7 heteroatoms. The van der Waals surface area contributed by atoms with Crippen LogP contribution in [0.2, 0.25) is 0 Å². The molecule has 0 aliphatic carbocycles. The van der Waals surface area contributed by atoms with Crippen molar-refractivity contribution in [2.45, 2.75) is 25.7 Å². The molecule has 0 saturated carbocycles. The molecule has 2 heterocycles. The summed E-state index contributed by atoms with van der Waals surface area (Å²) in [6, 6.07) is 10.4. The summed E-state index contributed by atoms with van der Waals surface area (Å²) in [6.07, 6.45) is 1.00. The van der Waals surface area contributed by atoms with E-state index in [4.69, 9.17) is 9.47 Å². The fraction of sp³-hybridized carbons (Fsp3) is 0.450. The lowest BCUT2D eigenvalue weighted by Crippen LogP contribution is -2.44. The highest BCUT2D eigenvalue weighted by Gasteiger charge is 2.23. The summed E-state index contributed by atoms with van der Waals surface area (Å²) in [5, 5.41) is 8.93. The minimum atomic E-state index is -0.0682. The van der Waals surface area contributed by atoms with Crippen LogP contribution in [0.25, 0.3) is 0 Å². The third-order valence-electron chi connectivity index (χ3n) is 4.49. The summed E-state index contributed by atoms with van der Waals surface area (Å²) in [5.41, 5.74) is 1.14. The number of fused-ring (bicyclic) bond motifs is 1. The van der Waals surface area contributed by atoms with Crippen molar-refractivity contribution < 1.29 is 9.47 Å². The Labute approximate surface area is 182 Å². The van der Waals surface area contributed by atoms with Crippen molar-refractivity contribution in [2.24, 2.45) is 4.99 Å². The maximum absolute atomic E-state index is 5.71. The van der Waals surface area contributed by atoms with Gasteiger partial charge in [0.25, 0.3) is 0 Å². The van der Waals surface area contributed by atoms with E-state index in [0.717, 1.165) is 37.0 Å². The van der Waals surface area contributed by atoms with Gasteiger partial charge in [-0.25, -0.2) is 0 Å². The van der Waals surface area contributed by atoms with Crippen LogP contribution < -0.4 is 20.1 Å². The standard InChI is InChI=1S/C20H27N3O2S.HI/c1-20(2,15-6-7-17-18(13-15)25-11-10-24-17)14-23-19(21-3)22-9-8-16-5-4-12-26-16;/h4-7,12-13H,8-11,14H2,1-3H3,(H2,21,22,23);1H. The van der Waals surface area contributed by atoms with Gasteiger partial charge in [-0.3, -0.25) is 4.99 Å². The van der Waals surface area contributed by atoms with Gasteiger partial charge in [0.05, 0.1) is 0 Å².